The van der Waals surface area contributed by atoms with E-state index in [1.54, 1.807) is 6.92 Å². The first-order valence-corrected chi connectivity index (χ1v) is 3.41. The number of rotatable bonds is 2. The van der Waals surface area contributed by atoms with E-state index in [9.17, 15) is 4.79 Å². The van der Waals surface area contributed by atoms with Crippen molar-refractivity contribution in [3.8, 4) is 0 Å². The molecule has 0 rings (SSSR count). The summed E-state index contributed by atoms with van der Waals surface area (Å²) in [7, 11) is 0. The third-order valence-electron chi connectivity index (χ3n) is 0.634. The van der Waals surface area contributed by atoms with E-state index in [1.807, 2.05) is 0 Å². The molecule has 0 saturated heterocycles. The van der Waals surface area contributed by atoms with Crippen LogP contribution >= 0.6 is 23.2 Å². The van der Waals surface area contributed by atoms with E-state index < -0.39 is 10.8 Å². The summed E-state index contributed by atoms with van der Waals surface area (Å²) in [5, 5.41) is 3.33. The minimum absolute atomic E-state index is 0.360. The molecule has 0 bridgehead atoms. The van der Waals surface area contributed by atoms with Crippen molar-refractivity contribution in [1.82, 2.24) is 0 Å². The molecule has 10 heavy (non-hydrogen) atoms. The Morgan fingerprint density at radius 2 is 2.00 bits per heavy atom. The summed E-state index contributed by atoms with van der Waals surface area (Å²) >= 11 is 10.7. The van der Waals surface area contributed by atoms with Gasteiger partial charge in [-0.05, 0) is 6.92 Å². The number of alkyl halides is 2. The highest BCUT2D eigenvalue weighted by atomic mass is 35.5. The van der Waals surface area contributed by atoms with Gasteiger partial charge in [-0.15, -0.1) is 0 Å². The van der Waals surface area contributed by atoms with Crippen LogP contribution in [0.3, 0.4) is 0 Å². The van der Waals surface area contributed by atoms with Gasteiger partial charge in [-0.2, -0.15) is 0 Å². The minimum atomic E-state index is -0.723. The molecule has 5 heteroatoms. The summed E-state index contributed by atoms with van der Waals surface area (Å²) in [6.07, 6.45) is 0. The lowest BCUT2D eigenvalue weighted by molar-refractivity contribution is -0.140. The Labute approximate surface area is 68.9 Å². The molecule has 0 atom stereocenters. The number of hydrogen-bond acceptors (Lipinski definition) is 3. The molecule has 0 aliphatic rings. The zero-order valence-corrected chi connectivity index (χ0v) is 7.11. The monoisotopic (exact) mass is 183 g/mol. The highest BCUT2D eigenvalue weighted by Gasteiger charge is 2.03. The molecule has 0 radical (unpaired) electrons. The average molecular weight is 184 g/mol. The second-order valence-corrected chi connectivity index (χ2v) is 2.71. The van der Waals surface area contributed by atoms with Gasteiger partial charge in [-0.3, -0.25) is 0 Å². The fourth-order valence-electron chi connectivity index (χ4n) is 0.176. The molecule has 0 aromatic carbocycles. The van der Waals surface area contributed by atoms with E-state index in [4.69, 9.17) is 23.2 Å². The molecular weight excluding hydrogens is 177 g/mol. The van der Waals surface area contributed by atoms with Crippen molar-refractivity contribution in [1.29, 1.82) is 0 Å². The second kappa shape index (κ2) is 4.52. The zero-order chi connectivity index (χ0) is 8.15. The van der Waals surface area contributed by atoms with Gasteiger partial charge in [-0.1, -0.05) is 28.4 Å². The molecule has 0 spiro atoms. The smallest absolute Gasteiger partial charge is 0.319 e. The Hall–Kier alpha value is -0.280. The lowest BCUT2D eigenvalue weighted by Gasteiger charge is -1.96. The fourth-order valence-corrected chi connectivity index (χ4v) is 0.256. The van der Waals surface area contributed by atoms with Gasteiger partial charge in [-0.25, -0.2) is 4.79 Å². The van der Waals surface area contributed by atoms with Crippen molar-refractivity contribution in [2.75, 3.05) is 0 Å². The van der Waals surface area contributed by atoms with Crippen LogP contribution in [0.2, 0.25) is 0 Å². The number of carbonyl (C=O) groups is 1. The Morgan fingerprint density at radius 1 is 1.50 bits per heavy atom. The highest BCUT2D eigenvalue weighted by molar-refractivity contribution is 6.54. The standard InChI is InChI=1S/C5H7Cl2NO2/c1-3(5(6)7)8-10-4(2)9/h5H,1-2H3/b8-3+. The largest absolute Gasteiger partial charge is 0.331 e. The number of oxime groups is 1. The predicted molar refractivity (Wildman–Crippen MR) is 40.4 cm³/mol. The highest BCUT2D eigenvalue weighted by Crippen LogP contribution is 2.03. The Balaban J connectivity index is 3.80. The molecular formula is C5H7Cl2NO2. The normalized spacial score (nSPS) is 11.9. The van der Waals surface area contributed by atoms with E-state index in [0.717, 1.165) is 0 Å². The molecule has 0 unspecified atom stereocenters. The lowest BCUT2D eigenvalue weighted by Crippen LogP contribution is -2.04. The molecule has 0 saturated carbocycles. The molecule has 0 aliphatic carbocycles. The summed E-state index contributed by atoms with van der Waals surface area (Å²) in [4.78, 5) is 13.7. The van der Waals surface area contributed by atoms with Crippen LogP contribution in [0.5, 0.6) is 0 Å². The summed E-state index contributed by atoms with van der Waals surface area (Å²) in [5.41, 5.74) is 0.360. The van der Waals surface area contributed by atoms with Crippen molar-refractivity contribution >= 4 is 34.9 Å². The summed E-state index contributed by atoms with van der Waals surface area (Å²) in [5.74, 6) is -0.492. The minimum Gasteiger partial charge on any atom is -0.319 e. The third kappa shape index (κ3) is 4.58. The first-order chi connectivity index (χ1) is 4.54. The maximum Gasteiger partial charge on any atom is 0.331 e. The van der Waals surface area contributed by atoms with E-state index >= 15 is 0 Å². The lowest BCUT2D eigenvalue weighted by atomic mass is 10.5. The summed E-state index contributed by atoms with van der Waals surface area (Å²) in [6, 6.07) is 0. The Kier molecular flexibility index (Phi) is 4.40. The first kappa shape index (κ1) is 9.72. The second-order valence-electron chi connectivity index (χ2n) is 1.62. The predicted octanol–water partition coefficient (Wildman–Crippen LogP) is 1.73. The van der Waals surface area contributed by atoms with Crippen LogP contribution in [0.25, 0.3) is 0 Å². The molecule has 0 N–H and O–H groups in total. The van der Waals surface area contributed by atoms with Crippen molar-refractivity contribution in [3.05, 3.63) is 0 Å². The van der Waals surface area contributed by atoms with Crippen LogP contribution in [-0.2, 0) is 9.63 Å². The SMILES string of the molecule is CC(=O)O/N=C(\C)C(Cl)Cl. The maximum absolute atomic E-state index is 10.2. The van der Waals surface area contributed by atoms with Crippen molar-refractivity contribution < 1.29 is 9.63 Å². The van der Waals surface area contributed by atoms with Gasteiger partial charge in [0.05, 0.1) is 5.71 Å². The van der Waals surface area contributed by atoms with E-state index in [1.165, 1.54) is 6.92 Å². The number of halogens is 2. The van der Waals surface area contributed by atoms with Gasteiger partial charge in [0.1, 0.15) is 4.84 Å². The van der Waals surface area contributed by atoms with Crippen LogP contribution in [-0.4, -0.2) is 16.5 Å². The van der Waals surface area contributed by atoms with Crippen LogP contribution in [0.4, 0.5) is 0 Å². The Bertz CT molecular complexity index is 156. The third-order valence-corrected chi connectivity index (χ3v) is 1.27. The van der Waals surface area contributed by atoms with Gasteiger partial charge in [0.15, 0.2) is 0 Å². The van der Waals surface area contributed by atoms with Gasteiger partial charge < -0.3 is 4.84 Å². The molecule has 0 aromatic heterocycles. The quantitative estimate of drug-likeness (QED) is 0.283. The molecule has 3 nitrogen and oxygen atoms in total. The number of nitrogens with zero attached hydrogens (tertiary/aromatic N) is 1. The van der Waals surface area contributed by atoms with Crippen LogP contribution < -0.4 is 0 Å². The van der Waals surface area contributed by atoms with Crippen molar-refractivity contribution in [3.63, 3.8) is 0 Å². The van der Waals surface area contributed by atoms with Crippen LogP contribution in [0, 0.1) is 0 Å². The maximum atomic E-state index is 10.2. The fraction of sp³-hybridized carbons (Fsp3) is 0.600. The molecule has 0 fully saturated rings. The Morgan fingerprint density at radius 3 is 2.30 bits per heavy atom. The van der Waals surface area contributed by atoms with Crippen molar-refractivity contribution in [2.45, 2.75) is 18.7 Å². The first-order valence-electron chi connectivity index (χ1n) is 2.54. The van der Waals surface area contributed by atoms with E-state index in [0.29, 0.717) is 5.71 Å². The van der Waals surface area contributed by atoms with Crippen molar-refractivity contribution in [2.24, 2.45) is 5.16 Å². The molecule has 58 valence electrons. The number of carbonyl (C=O) groups excluding carboxylic acids is 1. The number of hydrogen-bond donors (Lipinski definition) is 0. The summed E-state index contributed by atoms with van der Waals surface area (Å²) < 4.78 is 0. The zero-order valence-electron chi connectivity index (χ0n) is 5.60. The van der Waals surface area contributed by atoms with Crippen LogP contribution in [0.15, 0.2) is 5.16 Å². The van der Waals surface area contributed by atoms with Gasteiger partial charge in [0.2, 0.25) is 0 Å². The van der Waals surface area contributed by atoms with Crippen LogP contribution in [0.1, 0.15) is 13.8 Å². The van der Waals surface area contributed by atoms with Gasteiger partial charge in [0, 0.05) is 6.92 Å². The van der Waals surface area contributed by atoms with Gasteiger partial charge in [0.25, 0.3) is 0 Å². The molecule has 0 heterocycles. The molecule has 0 aliphatic heterocycles. The average Bonchev–Trinajstić information content (AvgIpc) is 1.82. The topological polar surface area (TPSA) is 38.7 Å². The van der Waals surface area contributed by atoms with E-state index in [-0.39, 0.29) is 0 Å². The molecule has 0 amide bonds. The molecule has 0 aromatic rings. The van der Waals surface area contributed by atoms with Gasteiger partial charge >= 0.3 is 5.97 Å². The summed E-state index contributed by atoms with van der Waals surface area (Å²) in [6.45, 7) is 2.81. The van der Waals surface area contributed by atoms with E-state index in [2.05, 4.69) is 9.99 Å².